The van der Waals surface area contributed by atoms with Crippen LogP contribution < -0.4 is 5.32 Å². The highest BCUT2D eigenvalue weighted by Crippen LogP contribution is 2.28. The van der Waals surface area contributed by atoms with Crippen molar-refractivity contribution in [3.8, 4) is 0 Å². The van der Waals surface area contributed by atoms with Gasteiger partial charge < -0.3 is 5.32 Å². The van der Waals surface area contributed by atoms with Gasteiger partial charge in [-0.3, -0.25) is 10.1 Å². The van der Waals surface area contributed by atoms with Crippen molar-refractivity contribution < 1.29 is 13.7 Å². The van der Waals surface area contributed by atoms with E-state index in [9.17, 15) is 18.9 Å². The Morgan fingerprint density at radius 2 is 1.86 bits per heavy atom. The number of benzene rings is 2. The maximum atomic E-state index is 12.4. The molecule has 110 valence electrons. The molecule has 4 nitrogen and oxygen atoms in total. The van der Waals surface area contributed by atoms with Crippen molar-refractivity contribution >= 4 is 27.3 Å². The Labute approximate surface area is 128 Å². The molecule has 0 heterocycles. The first-order valence-corrected chi connectivity index (χ1v) is 6.81. The van der Waals surface area contributed by atoms with Crippen molar-refractivity contribution in [1.82, 2.24) is 0 Å². The molecule has 0 radical (unpaired) electrons. The summed E-state index contributed by atoms with van der Waals surface area (Å²) in [4.78, 5) is 10.2. The Morgan fingerprint density at radius 1 is 1.19 bits per heavy atom. The molecular weight excluding hydrogens is 346 g/mol. The second-order valence-corrected chi connectivity index (χ2v) is 5.17. The zero-order valence-corrected chi connectivity index (χ0v) is 12.3. The number of anilines is 1. The monoisotopic (exact) mass is 356 g/mol. The van der Waals surface area contributed by atoms with E-state index in [1.54, 1.807) is 24.3 Å². The highest BCUT2D eigenvalue weighted by Gasteiger charge is 2.11. The number of halogens is 3. The lowest BCUT2D eigenvalue weighted by Crippen LogP contribution is -2.00. The van der Waals surface area contributed by atoms with E-state index in [1.807, 2.05) is 0 Å². The van der Waals surface area contributed by atoms with E-state index < -0.39 is 11.3 Å². The Bertz CT molecular complexity index is 648. The number of nitro groups is 1. The molecule has 1 N–H and O–H groups in total. The maximum absolute atomic E-state index is 12.4. The van der Waals surface area contributed by atoms with Crippen LogP contribution in [0, 0.1) is 10.1 Å². The van der Waals surface area contributed by atoms with Crippen molar-refractivity contribution in [3.05, 3.63) is 68.2 Å². The van der Waals surface area contributed by atoms with Gasteiger partial charge in [-0.25, -0.2) is 8.78 Å². The summed E-state index contributed by atoms with van der Waals surface area (Å²) >= 11 is 3.13. The normalized spacial score (nSPS) is 10.7. The van der Waals surface area contributed by atoms with E-state index in [1.165, 1.54) is 18.2 Å². The fourth-order valence-electron chi connectivity index (χ4n) is 1.75. The van der Waals surface area contributed by atoms with Crippen molar-refractivity contribution in [2.45, 2.75) is 13.0 Å². The molecule has 0 saturated heterocycles. The number of hydrogen-bond donors (Lipinski definition) is 1. The van der Waals surface area contributed by atoms with Gasteiger partial charge >= 0.3 is 0 Å². The molecule has 0 bridgehead atoms. The number of hydrogen-bond acceptors (Lipinski definition) is 3. The van der Waals surface area contributed by atoms with Gasteiger partial charge in [-0.2, -0.15) is 0 Å². The Morgan fingerprint density at radius 3 is 2.38 bits per heavy atom. The molecule has 0 saturated carbocycles. The van der Waals surface area contributed by atoms with Crippen LogP contribution in [0.2, 0.25) is 0 Å². The minimum atomic E-state index is -2.47. The van der Waals surface area contributed by atoms with Crippen LogP contribution in [0.1, 0.15) is 17.6 Å². The van der Waals surface area contributed by atoms with Gasteiger partial charge in [0.15, 0.2) is 0 Å². The third-order valence-electron chi connectivity index (χ3n) is 2.87. The van der Waals surface area contributed by atoms with E-state index >= 15 is 0 Å². The molecule has 0 aromatic heterocycles. The summed E-state index contributed by atoms with van der Waals surface area (Å²) in [5, 5.41) is 13.8. The summed E-state index contributed by atoms with van der Waals surface area (Å²) in [6.45, 7) is 0.438. The predicted octanol–water partition coefficient (Wildman–Crippen LogP) is 4.91. The van der Waals surface area contributed by atoms with E-state index in [2.05, 4.69) is 21.2 Å². The first-order valence-electron chi connectivity index (χ1n) is 6.02. The van der Waals surface area contributed by atoms with E-state index in [4.69, 9.17) is 0 Å². The van der Waals surface area contributed by atoms with Gasteiger partial charge in [-0.05, 0) is 33.6 Å². The second-order valence-electron chi connectivity index (χ2n) is 4.32. The number of nitro benzene ring substituents is 1. The van der Waals surface area contributed by atoms with Crippen molar-refractivity contribution in [3.63, 3.8) is 0 Å². The molecule has 2 aromatic carbocycles. The smallest absolute Gasteiger partial charge is 0.283 e. The van der Waals surface area contributed by atoms with Gasteiger partial charge in [0.05, 0.1) is 9.40 Å². The SMILES string of the molecule is O=[N+]([O-])c1ccc(NCc2ccc(C(F)F)cc2)cc1Br. The van der Waals surface area contributed by atoms with Crippen LogP contribution in [0.5, 0.6) is 0 Å². The van der Waals surface area contributed by atoms with Gasteiger partial charge in [0.1, 0.15) is 0 Å². The van der Waals surface area contributed by atoms with Crippen LogP contribution in [0.3, 0.4) is 0 Å². The van der Waals surface area contributed by atoms with Crippen LogP contribution in [-0.4, -0.2) is 4.92 Å². The minimum Gasteiger partial charge on any atom is -0.381 e. The van der Waals surface area contributed by atoms with Gasteiger partial charge in [0, 0.05) is 23.9 Å². The molecule has 2 aromatic rings. The molecule has 0 aliphatic rings. The number of alkyl halides is 2. The molecule has 0 aliphatic carbocycles. The van der Waals surface area contributed by atoms with Crippen molar-refractivity contribution in [2.75, 3.05) is 5.32 Å². The van der Waals surface area contributed by atoms with Gasteiger partial charge in [0.25, 0.3) is 12.1 Å². The van der Waals surface area contributed by atoms with Gasteiger partial charge in [-0.15, -0.1) is 0 Å². The molecule has 21 heavy (non-hydrogen) atoms. The predicted molar refractivity (Wildman–Crippen MR) is 79.5 cm³/mol. The highest BCUT2D eigenvalue weighted by atomic mass is 79.9. The molecule has 0 fully saturated rings. The molecule has 0 amide bonds. The zero-order chi connectivity index (χ0) is 15.4. The maximum Gasteiger partial charge on any atom is 0.283 e. The molecular formula is C14H11BrF2N2O2. The number of rotatable bonds is 5. The largest absolute Gasteiger partial charge is 0.381 e. The Kier molecular flexibility index (Phi) is 4.85. The lowest BCUT2D eigenvalue weighted by Gasteiger charge is -2.08. The zero-order valence-electron chi connectivity index (χ0n) is 10.7. The fraction of sp³-hybridized carbons (Fsp3) is 0.143. The third kappa shape index (κ3) is 3.98. The van der Waals surface area contributed by atoms with Crippen LogP contribution >= 0.6 is 15.9 Å². The summed E-state index contributed by atoms with van der Waals surface area (Å²) in [6, 6.07) is 10.6. The number of nitrogens with one attached hydrogen (secondary N) is 1. The summed E-state index contributed by atoms with van der Waals surface area (Å²) < 4.78 is 25.2. The summed E-state index contributed by atoms with van der Waals surface area (Å²) in [7, 11) is 0. The highest BCUT2D eigenvalue weighted by molar-refractivity contribution is 9.10. The first-order chi connectivity index (χ1) is 9.97. The first kappa shape index (κ1) is 15.4. The van der Waals surface area contributed by atoms with Crippen LogP contribution in [0.4, 0.5) is 20.2 Å². The summed E-state index contributed by atoms with van der Waals surface area (Å²) in [5.74, 6) is 0. The van der Waals surface area contributed by atoms with Gasteiger partial charge in [-0.1, -0.05) is 24.3 Å². The van der Waals surface area contributed by atoms with E-state index in [-0.39, 0.29) is 11.3 Å². The lowest BCUT2D eigenvalue weighted by molar-refractivity contribution is -0.385. The Balaban J connectivity index is 2.03. The Hall–Kier alpha value is -2.02. The topological polar surface area (TPSA) is 55.2 Å². The molecule has 2 rings (SSSR count). The van der Waals surface area contributed by atoms with Gasteiger partial charge in [0.2, 0.25) is 0 Å². The molecule has 0 atom stereocenters. The van der Waals surface area contributed by atoms with Crippen LogP contribution in [0.25, 0.3) is 0 Å². The molecule has 0 aliphatic heterocycles. The lowest BCUT2D eigenvalue weighted by atomic mass is 10.1. The molecule has 0 unspecified atom stereocenters. The molecule has 0 spiro atoms. The second kappa shape index (κ2) is 6.62. The average molecular weight is 357 g/mol. The minimum absolute atomic E-state index is 0.0122. The summed E-state index contributed by atoms with van der Waals surface area (Å²) in [5.41, 5.74) is 1.51. The quantitative estimate of drug-likeness (QED) is 0.611. The standard InChI is InChI=1S/C14H11BrF2N2O2/c15-12-7-11(5-6-13(12)19(20)21)18-8-9-1-3-10(4-2-9)14(16)17/h1-7,14,18H,8H2. The van der Waals surface area contributed by atoms with Crippen LogP contribution in [0.15, 0.2) is 46.9 Å². The average Bonchev–Trinajstić information content (AvgIpc) is 2.45. The molecule has 7 heteroatoms. The van der Waals surface area contributed by atoms with Crippen LogP contribution in [-0.2, 0) is 6.54 Å². The summed E-state index contributed by atoms with van der Waals surface area (Å²) in [6.07, 6.45) is -2.47. The fourth-order valence-corrected chi connectivity index (χ4v) is 2.27. The van der Waals surface area contributed by atoms with Crippen molar-refractivity contribution in [2.24, 2.45) is 0 Å². The van der Waals surface area contributed by atoms with E-state index in [0.717, 1.165) is 5.56 Å². The van der Waals surface area contributed by atoms with Crippen molar-refractivity contribution in [1.29, 1.82) is 0 Å². The van der Waals surface area contributed by atoms with E-state index in [0.29, 0.717) is 16.7 Å². The number of nitrogens with zero attached hydrogens (tertiary/aromatic N) is 1. The third-order valence-corrected chi connectivity index (χ3v) is 3.51.